The number of rotatable bonds is 15. The van der Waals surface area contributed by atoms with E-state index in [9.17, 15) is 33.9 Å². The number of nitrogens with zero attached hydrogens (tertiary/aromatic N) is 1. The second kappa shape index (κ2) is 14.4. The molecule has 0 unspecified atom stereocenters. The zero-order chi connectivity index (χ0) is 30.8. The highest BCUT2D eigenvalue weighted by molar-refractivity contribution is 5.96. The van der Waals surface area contributed by atoms with E-state index in [1.807, 2.05) is 18.2 Å². The Bertz CT molecular complexity index is 1440. The molecule has 0 saturated heterocycles. The second-order valence-corrected chi connectivity index (χ2v) is 9.44. The lowest BCUT2D eigenvalue weighted by Crippen LogP contribution is -2.58. The van der Waals surface area contributed by atoms with Gasteiger partial charge in [0.05, 0.1) is 25.0 Å². The molecule has 3 aromatic rings. The van der Waals surface area contributed by atoms with E-state index >= 15 is 0 Å². The molecular formula is C26H32N8O8. The van der Waals surface area contributed by atoms with Crippen LogP contribution in [-0.4, -0.2) is 91.4 Å². The summed E-state index contributed by atoms with van der Waals surface area (Å²) in [5.41, 5.74) is 7.07. The number of H-pyrrole nitrogens is 2. The van der Waals surface area contributed by atoms with E-state index in [2.05, 4.69) is 36.2 Å². The molecule has 0 aliphatic carbocycles. The summed E-state index contributed by atoms with van der Waals surface area (Å²) in [7, 11) is 0. The molecule has 0 aliphatic heterocycles. The van der Waals surface area contributed by atoms with Crippen LogP contribution in [0.3, 0.4) is 0 Å². The fraction of sp³-hybridized carbons (Fsp3) is 0.346. The largest absolute Gasteiger partial charge is 0.481 e. The first kappa shape index (κ1) is 31.3. The van der Waals surface area contributed by atoms with E-state index in [-0.39, 0.29) is 12.8 Å². The highest BCUT2D eigenvalue weighted by atomic mass is 16.4. The molecule has 16 heteroatoms. The number of carboxylic acid groups (broad SMARTS) is 2. The van der Waals surface area contributed by atoms with Gasteiger partial charge in [-0.3, -0.25) is 24.0 Å². The van der Waals surface area contributed by atoms with Gasteiger partial charge in [0.15, 0.2) is 0 Å². The molecular weight excluding hydrogens is 552 g/mol. The molecule has 2 aromatic heterocycles. The van der Waals surface area contributed by atoms with Gasteiger partial charge in [-0.1, -0.05) is 18.2 Å². The minimum atomic E-state index is -1.50. The molecule has 0 aliphatic rings. The topological polar surface area (TPSA) is 261 Å². The molecule has 3 rings (SSSR count). The zero-order valence-electron chi connectivity index (χ0n) is 22.5. The fourth-order valence-corrected chi connectivity index (χ4v) is 4.13. The number of para-hydroxylation sites is 1. The highest BCUT2D eigenvalue weighted by Gasteiger charge is 2.31. The van der Waals surface area contributed by atoms with Crippen molar-refractivity contribution in [1.82, 2.24) is 36.2 Å². The molecule has 0 radical (unpaired) electrons. The van der Waals surface area contributed by atoms with E-state index in [0.29, 0.717) is 11.3 Å². The standard InChI is InChI=1S/C26H32N8O8/c1-13(31-24(39)19(8-22(36)37)32-21(35)9-27)23(38)33-18(7-15-11-28-12-30-15)25(40)34-20(26(41)42)6-14-10-29-17-5-3-2-4-16(14)17/h2-5,10-13,18-20,29H,6-9,27H2,1H3,(H,28,30)(H,31,39)(H,32,35)(H,33,38)(H,34,40)(H,36,37)(H,41,42)/t13-,18-,19-,20-/m0/s1. The Hall–Kier alpha value is -5.25. The number of aromatic amines is 2. The van der Waals surface area contributed by atoms with Crippen LogP contribution in [0.5, 0.6) is 0 Å². The van der Waals surface area contributed by atoms with Crippen LogP contribution >= 0.6 is 0 Å². The summed E-state index contributed by atoms with van der Waals surface area (Å²) in [5.74, 6) is -6.04. The number of aliphatic carboxylic acids is 2. The number of benzene rings is 1. The SMILES string of the molecule is C[C@H](NC(=O)[C@H](CC(=O)O)NC(=O)CN)C(=O)N[C@@H](Cc1c[nH]cn1)C(=O)N[C@@H](Cc1c[nH]c2ccccc12)C(=O)O. The molecule has 42 heavy (non-hydrogen) atoms. The van der Waals surface area contributed by atoms with E-state index in [1.165, 1.54) is 19.4 Å². The number of nitrogens with two attached hydrogens (primary N) is 1. The number of carboxylic acids is 2. The molecule has 2 heterocycles. The monoisotopic (exact) mass is 584 g/mol. The Labute approximate surface area is 238 Å². The Morgan fingerprint density at radius 1 is 0.881 bits per heavy atom. The van der Waals surface area contributed by atoms with Gasteiger partial charge in [-0.05, 0) is 18.6 Å². The lowest BCUT2D eigenvalue weighted by molar-refractivity contribution is -0.142. The average Bonchev–Trinajstić information content (AvgIpc) is 3.61. The summed E-state index contributed by atoms with van der Waals surface area (Å²) in [6.45, 7) is 0.803. The Morgan fingerprint density at radius 2 is 1.57 bits per heavy atom. The van der Waals surface area contributed by atoms with Gasteiger partial charge in [-0.25, -0.2) is 9.78 Å². The van der Waals surface area contributed by atoms with Gasteiger partial charge >= 0.3 is 11.9 Å². The molecule has 0 fully saturated rings. The third kappa shape index (κ3) is 8.62. The average molecular weight is 585 g/mol. The van der Waals surface area contributed by atoms with Gasteiger partial charge in [-0.2, -0.15) is 0 Å². The van der Waals surface area contributed by atoms with Gasteiger partial charge in [0.25, 0.3) is 0 Å². The van der Waals surface area contributed by atoms with E-state index < -0.39 is 72.7 Å². The van der Waals surface area contributed by atoms with Crippen LogP contribution in [0.2, 0.25) is 0 Å². The maximum atomic E-state index is 13.3. The van der Waals surface area contributed by atoms with Crippen molar-refractivity contribution in [2.75, 3.05) is 6.54 Å². The Balaban J connectivity index is 1.72. The van der Waals surface area contributed by atoms with Gasteiger partial charge in [-0.15, -0.1) is 0 Å². The molecule has 224 valence electrons. The quantitative estimate of drug-likeness (QED) is 0.0963. The Kier molecular flexibility index (Phi) is 10.7. The van der Waals surface area contributed by atoms with Gasteiger partial charge in [0.1, 0.15) is 24.2 Å². The van der Waals surface area contributed by atoms with Crippen molar-refractivity contribution in [3.05, 3.63) is 54.2 Å². The van der Waals surface area contributed by atoms with Crippen molar-refractivity contribution in [1.29, 1.82) is 0 Å². The summed E-state index contributed by atoms with van der Waals surface area (Å²) in [6, 6.07) is 1.87. The van der Waals surface area contributed by atoms with Crippen molar-refractivity contribution in [3.8, 4) is 0 Å². The van der Waals surface area contributed by atoms with Crippen LogP contribution in [0.15, 0.2) is 43.0 Å². The normalized spacial score (nSPS) is 13.8. The minimum Gasteiger partial charge on any atom is -0.481 e. The molecule has 4 amide bonds. The molecule has 0 bridgehead atoms. The first-order chi connectivity index (χ1) is 20.0. The van der Waals surface area contributed by atoms with E-state index in [0.717, 1.165) is 10.9 Å². The minimum absolute atomic E-state index is 0.0416. The summed E-state index contributed by atoms with van der Waals surface area (Å²) in [5, 5.41) is 29.1. The molecule has 10 N–H and O–H groups in total. The number of aromatic nitrogens is 3. The number of hydrogen-bond donors (Lipinski definition) is 9. The van der Waals surface area contributed by atoms with Crippen LogP contribution < -0.4 is 27.0 Å². The highest BCUT2D eigenvalue weighted by Crippen LogP contribution is 2.19. The lowest BCUT2D eigenvalue weighted by Gasteiger charge is -2.24. The summed E-state index contributed by atoms with van der Waals surface area (Å²) >= 11 is 0. The zero-order valence-corrected chi connectivity index (χ0v) is 22.5. The molecule has 4 atom stereocenters. The Morgan fingerprint density at radius 3 is 2.21 bits per heavy atom. The van der Waals surface area contributed by atoms with Crippen molar-refractivity contribution in [2.24, 2.45) is 5.73 Å². The van der Waals surface area contributed by atoms with Crippen LogP contribution in [0, 0.1) is 0 Å². The smallest absolute Gasteiger partial charge is 0.326 e. The number of hydrogen-bond acceptors (Lipinski definition) is 8. The van der Waals surface area contributed by atoms with Crippen LogP contribution in [0.4, 0.5) is 0 Å². The van der Waals surface area contributed by atoms with Crippen molar-refractivity contribution < 1.29 is 39.0 Å². The summed E-state index contributed by atoms with van der Waals surface area (Å²) < 4.78 is 0. The van der Waals surface area contributed by atoms with Gasteiger partial charge < -0.3 is 47.2 Å². The molecule has 0 spiro atoms. The number of fused-ring (bicyclic) bond motifs is 1. The lowest BCUT2D eigenvalue weighted by atomic mass is 10.0. The number of amides is 4. The first-order valence-corrected chi connectivity index (χ1v) is 12.9. The maximum Gasteiger partial charge on any atom is 0.326 e. The van der Waals surface area contributed by atoms with E-state index in [1.54, 1.807) is 12.3 Å². The summed E-state index contributed by atoms with van der Waals surface area (Å²) in [4.78, 5) is 83.6. The summed E-state index contributed by atoms with van der Waals surface area (Å²) in [6.07, 6.45) is 3.60. The third-order valence-corrected chi connectivity index (χ3v) is 6.28. The van der Waals surface area contributed by atoms with Crippen LogP contribution in [-0.2, 0) is 41.6 Å². The van der Waals surface area contributed by atoms with Crippen LogP contribution in [0.1, 0.15) is 24.6 Å². The first-order valence-electron chi connectivity index (χ1n) is 12.9. The molecule has 16 nitrogen and oxygen atoms in total. The second-order valence-electron chi connectivity index (χ2n) is 9.44. The van der Waals surface area contributed by atoms with Crippen molar-refractivity contribution >= 4 is 46.5 Å². The number of carbonyl (C=O) groups excluding carboxylic acids is 4. The van der Waals surface area contributed by atoms with Gasteiger partial charge in [0, 0.05) is 36.1 Å². The number of carbonyl (C=O) groups is 6. The predicted molar refractivity (Wildman–Crippen MR) is 147 cm³/mol. The van der Waals surface area contributed by atoms with E-state index in [4.69, 9.17) is 10.8 Å². The van der Waals surface area contributed by atoms with Crippen molar-refractivity contribution in [3.63, 3.8) is 0 Å². The third-order valence-electron chi connectivity index (χ3n) is 6.28. The van der Waals surface area contributed by atoms with Gasteiger partial charge in [0.2, 0.25) is 23.6 Å². The number of imidazole rings is 1. The van der Waals surface area contributed by atoms with Crippen LogP contribution in [0.25, 0.3) is 10.9 Å². The maximum absolute atomic E-state index is 13.3. The van der Waals surface area contributed by atoms with Crippen molar-refractivity contribution in [2.45, 2.75) is 50.4 Å². The number of nitrogens with one attached hydrogen (secondary N) is 6. The fourth-order valence-electron chi connectivity index (χ4n) is 4.13. The molecule has 1 aromatic carbocycles. The molecule has 0 saturated carbocycles. The predicted octanol–water partition coefficient (Wildman–Crippen LogP) is -1.85.